The Kier molecular flexibility index (Phi) is 4.71. The van der Waals surface area contributed by atoms with E-state index in [9.17, 15) is 0 Å². The molecule has 0 saturated carbocycles. The normalized spacial score (nSPS) is 16.2. The third-order valence-corrected chi connectivity index (χ3v) is 4.01. The van der Waals surface area contributed by atoms with Crippen molar-refractivity contribution < 1.29 is 0 Å². The Morgan fingerprint density at radius 1 is 1.40 bits per heavy atom. The Labute approximate surface area is 127 Å². The van der Waals surface area contributed by atoms with Crippen molar-refractivity contribution in [3.05, 3.63) is 34.5 Å². The van der Waals surface area contributed by atoms with E-state index in [4.69, 9.17) is 11.6 Å². The Morgan fingerprint density at radius 2 is 2.15 bits per heavy atom. The maximum absolute atomic E-state index is 6.37. The molecule has 0 saturated heterocycles. The lowest BCUT2D eigenvalue weighted by molar-refractivity contribution is 0.472. The van der Waals surface area contributed by atoms with Crippen LogP contribution in [0, 0.1) is 5.41 Å². The first-order valence-corrected chi connectivity index (χ1v) is 7.53. The first kappa shape index (κ1) is 15.3. The standard InChI is InChI=1S/C16H24ClN3/c1-16(2,3)13-5-7-20(8-6-13)15-14(17)9-12(10-18-4)11-19-15/h5,9,11,18H,6-8,10H2,1-4H3. The molecule has 0 fully saturated rings. The van der Waals surface area contributed by atoms with Gasteiger partial charge in [-0.1, -0.05) is 44.0 Å². The van der Waals surface area contributed by atoms with E-state index in [1.807, 2.05) is 19.3 Å². The van der Waals surface area contributed by atoms with Gasteiger partial charge in [-0.25, -0.2) is 4.98 Å². The zero-order valence-electron chi connectivity index (χ0n) is 12.8. The second kappa shape index (κ2) is 6.15. The third kappa shape index (κ3) is 3.53. The highest BCUT2D eigenvalue weighted by atomic mass is 35.5. The van der Waals surface area contributed by atoms with Crippen LogP contribution in [0.25, 0.3) is 0 Å². The van der Waals surface area contributed by atoms with E-state index in [0.29, 0.717) is 0 Å². The van der Waals surface area contributed by atoms with Crippen molar-refractivity contribution in [1.82, 2.24) is 10.3 Å². The van der Waals surface area contributed by atoms with Gasteiger partial charge in [0.1, 0.15) is 5.82 Å². The van der Waals surface area contributed by atoms with Gasteiger partial charge in [0, 0.05) is 25.8 Å². The number of nitrogens with one attached hydrogen (secondary N) is 1. The molecular formula is C16H24ClN3. The van der Waals surface area contributed by atoms with Gasteiger partial charge < -0.3 is 10.2 Å². The van der Waals surface area contributed by atoms with Crippen molar-refractivity contribution in [1.29, 1.82) is 0 Å². The average Bonchev–Trinajstić information content (AvgIpc) is 2.38. The van der Waals surface area contributed by atoms with Crippen LogP contribution in [0.4, 0.5) is 5.82 Å². The van der Waals surface area contributed by atoms with Gasteiger partial charge in [-0.2, -0.15) is 0 Å². The van der Waals surface area contributed by atoms with Crippen LogP contribution < -0.4 is 10.2 Å². The fraction of sp³-hybridized carbons (Fsp3) is 0.562. The predicted octanol–water partition coefficient (Wildman–Crippen LogP) is 3.64. The Morgan fingerprint density at radius 3 is 2.65 bits per heavy atom. The summed E-state index contributed by atoms with van der Waals surface area (Å²) in [6.45, 7) is 9.48. The number of hydrogen-bond donors (Lipinski definition) is 1. The molecule has 1 N–H and O–H groups in total. The molecule has 0 spiro atoms. The summed E-state index contributed by atoms with van der Waals surface area (Å²) in [6, 6.07) is 2.00. The monoisotopic (exact) mass is 293 g/mol. The molecule has 0 atom stereocenters. The molecule has 1 aliphatic rings. The molecule has 2 heterocycles. The molecule has 1 aromatic rings. The average molecular weight is 294 g/mol. The number of anilines is 1. The van der Waals surface area contributed by atoms with Gasteiger partial charge in [0.2, 0.25) is 0 Å². The minimum atomic E-state index is 0.264. The largest absolute Gasteiger partial charge is 0.351 e. The molecule has 0 aliphatic carbocycles. The molecule has 2 rings (SSSR count). The lowest BCUT2D eigenvalue weighted by atomic mass is 9.83. The van der Waals surface area contributed by atoms with Crippen LogP contribution in [-0.4, -0.2) is 25.1 Å². The van der Waals surface area contributed by atoms with Crippen molar-refractivity contribution in [3.63, 3.8) is 0 Å². The third-order valence-electron chi connectivity index (χ3n) is 3.73. The first-order chi connectivity index (χ1) is 9.41. The molecule has 1 aliphatic heterocycles. The molecule has 0 radical (unpaired) electrons. The maximum atomic E-state index is 6.37. The molecule has 0 amide bonds. The molecule has 0 bridgehead atoms. The summed E-state index contributed by atoms with van der Waals surface area (Å²) in [4.78, 5) is 6.78. The van der Waals surface area contributed by atoms with Crippen LogP contribution in [0.2, 0.25) is 5.02 Å². The van der Waals surface area contributed by atoms with Crippen LogP contribution in [0.1, 0.15) is 32.8 Å². The molecule has 1 aromatic heterocycles. The van der Waals surface area contributed by atoms with Crippen molar-refractivity contribution in [2.75, 3.05) is 25.0 Å². The van der Waals surface area contributed by atoms with Gasteiger partial charge in [0.05, 0.1) is 5.02 Å². The highest BCUT2D eigenvalue weighted by Gasteiger charge is 2.22. The van der Waals surface area contributed by atoms with Crippen LogP contribution >= 0.6 is 11.6 Å². The van der Waals surface area contributed by atoms with Crippen molar-refractivity contribution in [2.45, 2.75) is 33.7 Å². The molecule has 0 aromatic carbocycles. The number of pyridine rings is 1. The van der Waals surface area contributed by atoms with Crippen LogP contribution in [0.3, 0.4) is 0 Å². The summed E-state index contributed by atoms with van der Waals surface area (Å²) in [5.41, 5.74) is 2.90. The van der Waals surface area contributed by atoms with Crippen molar-refractivity contribution >= 4 is 17.4 Å². The van der Waals surface area contributed by atoms with Gasteiger partial charge >= 0.3 is 0 Å². The summed E-state index contributed by atoms with van der Waals surface area (Å²) in [5.74, 6) is 0.899. The smallest absolute Gasteiger partial charge is 0.147 e. The van der Waals surface area contributed by atoms with E-state index in [2.05, 4.69) is 42.0 Å². The molecule has 20 heavy (non-hydrogen) atoms. The number of halogens is 1. The first-order valence-electron chi connectivity index (χ1n) is 7.15. The number of hydrogen-bond acceptors (Lipinski definition) is 3. The maximum Gasteiger partial charge on any atom is 0.147 e. The van der Waals surface area contributed by atoms with E-state index >= 15 is 0 Å². The predicted molar refractivity (Wildman–Crippen MR) is 86.4 cm³/mol. The van der Waals surface area contributed by atoms with Gasteiger partial charge in [-0.3, -0.25) is 0 Å². The molecular weight excluding hydrogens is 270 g/mol. The highest BCUT2D eigenvalue weighted by Crippen LogP contribution is 2.32. The summed E-state index contributed by atoms with van der Waals surface area (Å²) < 4.78 is 0. The van der Waals surface area contributed by atoms with Crippen LogP contribution in [0.15, 0.2) is 23.9 Å². The SMILES string of the molecule is CNCc1cnc(N2CC=C(C(C)(C)C)CC2)c(Cl)c1. The number of nitrogens with zero attached hydrogens (tertiary/aromatic N) is 2. The highest BCUT2D eigenvalue weighted by molar-refractivity contribution is 6.33. The molecule has 4 heteroatoms. The summed E-state index contributed by atoms with van der Waals surface area (Å²) >= 11 is 6.37. The Balaban J connectivity index is 2.13. The van der Waals surface area contributed by atoms with Gasteiger partial charge in [0.15, 0.2) is 0 Å². The Hall–Kier alpha value is -1.06. The lowest BCUT2D eigenvalue weighted by Crippen LogP contribution is -2.32. The summed E-state index contributed by atoms with van der Waals surface area (Å²) in [7, 11) is 1.92. The zero-order chi connectivity index (χ0) is 14.8. The lowest BCUT2D eigenvalue weighted by Gasteiger charge is -2.33. The zero-order valence-corrected chi connectivity index (χ0v) is 13.6. The van der Waals surface area contributed by atoms with Crippen molar-refractivity contribution in [2.24, 2.45) is 5.41 Å². The topological polar surface area (TPSA) is 28.2 Å². The van der Waals surface area contributed by atoms with Crippen LogP contribution in [0.5, 0.6) is 0 Å². The van der Waals surface area contributed by atoms with Gasteiger partial charge in [-0.05, 0) is 30.5 Å². The summed E-state index contributed by atoms with van der Waals surface area (Å²) in [5, 5.41) is 3.85. The second-order valence-electron chi connectivity index (χ2n) is 6.35. The summed E-state index contributed by atoms with van der Waals surface area (Å²) in [6.07, 6.45) is 5.31. The van der Waals surface area contributed by atoms with E-state index in [-0.39, 0.29) is 5.41 Å². The fourth-order valence-corrected chi connectivity index (χ4v) is 2.85. The molecule has 3 nitrogen and oxygen atoms in total. The van der Waals surface area contributed by atoms with Crippen molar-refractivity contribution in [3.8, 4) is 0 Å². The molecule has 0 unspecified atom stereocenters. The fourth-order valence-electron chi connectivity index (χ4n) is 2.55. The second-order valence-corrected chi connectivity index (χ2v) is 6.76. The molecule has 110 valence electrons. The minimum absolute atomic E-state index is 0.264. The van der Waals surface area contributed by atoms with Crippen LogP contribution in [-0.2, 0) is 6.54 Å². The number of rotatable bonds is 3. The minimum Gasteiger partial charge on any atom is -0.351 e. The van der Waals surface area contributed by atoms with Gasteiger partial charge in [0.25, 0.3) is 0 Å². The van der Waals surface area contributed by atoms with Gasteiger partial charge in [-0.15, -0.1) is 0 Å². The van der Waals surface area contributed by atoms with E-state index < -0.39 is 0 Å². The Bertz CT molecular complexity index is 503. The number of aromatic nitrogens is 1. The van der Waals surface area contributed by atoms with E-state index in [0.717, 1.165) is 42.5 Å². The quantitative estimate of drug-likeness (QED) is 0.863. The van der Waals surface area contributed by atoms with E-state index in [1.165, 1.54) is 5.57 Å². The van der Waals surface area contributed by atoms with E-state index in [1.54, 1.807) is 0 Å².